The molecule has 82 valence electrons. The Morgan fingerprint density at radius 2 is 2.13 bits per heavy atom. The minimum absolute atomic E-state index is 0.122. The Kier molecular flexibility index (Phi) is 2.76. The van der Waals surface area contributed by atoms with E-state index in [2.05, 4.69) is 24.2 Å². The Hall–Kier alpha value is -0.930. The van der Waals surface area contributed by atoms with Gasteiger partial charge in [0.25, 0.3) is 0 Å². The Bertz CT molecular complexity index is 353. The molecule has 15 heavy (non-hydrogen) atoms. The van der Waals surface area contributed by atoms with Crippen molar-refractivity contribution in [3.8, 4) is 0 Å². The number of rotatable bonds is 1. The molecular formula is C12H17FN2. The van der Waals surface area contributed by atoms with E-state index in [9.17, 15) is 4.39 Å². The summed E-state index contributed by atoms with van der Waals surface area (Å²) in [4.78, 5) is 2.23. The van der Waals surface area contributed by atoms with Gasteiger partial charge in [0, 0.05) is 25.2 Å². The molecule has 1 saturated heterocycles. The van der Waals surface area contributed by atoms with Crippen LogP contribution < -0.4 is 5.32 Å². The molecule has 1 fully saturated rings. The topological polar surface area (TPSA) is 15.3 Å². The fraction of sp³-hybridized carbons (Fsp3) is 0.500. The standard InChI is InChI=1S/C12H17FN2/c1-12(9-15(2)8-7-14-12)10-5-3-4-6-11(10)13/h3-6,14H,7-9H2,1-2H3. The average Bonchev–Trinajstić information content (AvgIpc) is 2.17. The predicted octanol–water partition coefficient (Wildman–Crippen LogP) is 1.58. The maximum atomic E-state index is 13.7. The van der Waals surface area contributed by atoms with Crippen molar-refractivity contribution in [3.05, 3.63) is 35.6 Å². The van der Waals surface area contributed by atoms with Crippen LogP contribution in [0.25, 0.3) is 0 Å². The molecule has 1 atom stereocenters. The number of hydrogen-bond donors (Lipinski definition) is 1. The van der Waals surface area contributed by atoms with E-state index in [0.29, 0.717) is 0 Å². The van der Waals surface area contributed by atoms with E-state index in [1.165, 1.54) is 6.07 Å². The van der Waals surface area contributed by atoms with Crippen LogP contribution in [0.1, 0.15) is 12.5 Å². The Morgan fingerprint density at radius 1 is 1.40 bits per heavy atom. The van der Waals surface area contributed by atoms with Crippen molar-refractivity contribution >= 4 is 0 Å². The van der Waals surface area contributed by atoms with Crippen LogP contribution in [-0.2, 0) is 5.54 Å². The van der Waals surface area contributed by atoms with Crippen molar-refractivity contribution in [1.82, 2.24) is 10.2 Å². The van der Waals surface area contributed by atoms with Gasteiger partial charge in [0.15, 0.2) is 0 Å². The summed E-state index contributed by atoms with van der Waals surface area (Å²) in [5.74, 6) is -0.122. The third-order valence-electron chi connectivity index (χ3n) is 3.06. The lowest BCUT2D eigenvalue weighted by Crippen LogP contribution is -2.55. The molecular weight excluding hydrogens is 191 g/mol. The second kappa shape index (κ2) is 3.91. The van der Waals surface area contributed by atoms with E-state index in [0.717, 1.165) is 25.2 Å². The van der Waals surface area contributed by atoms with Crippen LogP contribution >= 0.6 is 0 Å². The van der Waals surface area contributed by atoms with Gasteiger partial charge in [0.2, 0.25) is 0 Å². The lowest BCUT2D eigenvalue weighted by atomic mass is 9.89. The molecule has 0 aliphatic carbocycles. The second-order valence-corrected chi connectivity index (χ2v) is 4.48. The predicted molar refractivity (Wildman–Crippen MR) is 59.3 cm³/mol. The third-order valence-corrected chi connectivity index (χ3v) is 3.06. The van der Waals surface area contributed by atoms with E-state index >= 15 is 0 Å². The summed E-state index contributed by atoms with van der Waals surface area (Å²) in [6, 6.07) is 7.01. The van der Waals surface area contributed by atoms with Crippen molar-refractivity contribution in [3.63, 3.8) is 0 Å². The summed E-state index contributed by atoms with van der Waals surface area (Å²) in [5, 5.41) is 3.40. The number of nitrogens with zero attached hydrogens (tertiary/aromatic N) is 1. The first-order chi connectivity index (χ1) is 7.12. The van der Waals surface area contributed by atoms with Gasteiger partial charge in [-0.25, -0.2) is 4.39 Å². The highest BCUT2D eigenvalue weighted by atomic mass is 19.1. The summed E-state index contributed by atoms with van der Waals surface area (Å²) < 4.78 is 13.7. The summed E-state index contributed by atoms with van der Waals surface area (Å²) >= 11 is 0. The van der Waals surface area contributed by atoms with Gasteiger partial charge in [-0.3, -0.25) is 0 Å². The van der Waals surface area contributed by atoms with E-state index in [4.69, 9.17) is 0 Å². The van der Waals surface area contributed by atoms with Crippen LogP contribution in [0.4, 0.5) is 4.39 Å². The molecule has 2 rings (SSSR count). The minimum Gasteiger partial charge on any atom is -0.305 e. The molecule has 1 heterocycles. The zero-order valence-electron chi connectivity index (χ0n) is 9.26. The zero-order chi connectivity index (χ0) is 10.9. The highest BCUT2D eigenvalue weighted by Crippen LogP contribution is 2.25. The number of halogens is 1. The lowest BCUT2D eigenvalue weighted by molar-refractivity contribution is 0.167. The molecule has 0 amide bonds. The largest absolute Gasteiger partial charge is 0.305 e. The molecule has 1 aliphatic rings. The van der Waals surface area contributed by atoms with E-state index < -0.39 is 0 Å². The highest BCUT2D eigenvalue weighted by Gasteiger charge is 2.32. The van der Waals surface area contributed by atoms with Gasteiger partial charge < -0.3 is 10.2 Å². The molecule has 1 unspecified atom stereocenters. The van der Waals surface area contributed by atoms with E-state index in [1.54, 1.807) is 6.07 Å². The average molecular weight is 208 g/mol. The number of likely N-dealkylation sites (N-methyl/N-ethyl adjacent to an activating group) is 1. The fourth-order valence-corrected chi connectivity index (χ4v) is 2.29. The first-order valence-corrected chi connectivity index (χ1v) is 5.30. The molecule has 0 aromatic heterocycles. The normalized spacial score (nSPS) is 27.9. The van der Waals surface area contributed by atoms with Gasteiger partial charge in [-0.2, -0.15) is 0 Å². The van der Waals surface area contributed by atoms with Gasteiger partial charge in [-0.1, -0.05) is 18.2 Å². The molecule has 1 aromatic rings. The van der Waals surface area contributed by atoms with Crippen LogP contribution in [-0.4, -0.2) is 31.6 Å². The molecule has 0 bridgehead atoms. The molecule has 1 aromatic carbocycles. The summed E-state index contributed by atoms with van der Waals surface area (Å²) in [7, 11) is 2.07. The number of nitrogens with one attached hydrogen (secondary N) is 1. The summed E-state index contributed by atoms with van der Waals surface area (Å²) in [6.07, 6.45) is 0. The Morgan fingerprint density at radius 3 is 2.80 bits per heavy atom. The molecule has 2 nitrogen and oxygen atoms in total. The third kappa shape index (κ3) is 2.03. The summed E-state index contributed by atoms with van der Waals surface area (Å²) in [5.41, 5.74) is 0.495. The number of benzene rings is 1. The molecule has 0 spiro atoms. The first-order valence-electron chi connectivity index (χ1n) is 5.30. The van der Waals surface area contributed by atoms with Gasteiger partial charge in [0.05, 0.1) is 5.54 Å². The van der Waals surface area contributed by atoms with E-state index in [1.807, 2.05) is 12.1 Å². The van der Waals surface area contributed by atoms with Crippen molar-refractivity contribution < 1.29 is 4.39 Å². The second-order valence-electron chi connectivity index (χ2n) is 4.48. The van der Waals surface area contributed by atoms with Crippen molar-refractivity contribution in [2.24, 2.45) is 0 Å². The smallest absolute Gasteiger partial charge is 0.128 e. The molecule has 0 radical (unpaired) electrons. The fourth-order valence-electron chi connectivity index (χ4n) is 2.29. The van der Waals surface area contributed by atoms with Gasteiger partial charge in [-0.05, 0) is 20.0 Å². The van der Waals surface area contributed by atoms with Crippen molar-refractivity contribution in [2.45, 2.75) is 12.5 Å². The van der Waals surface area contributed by atoms with Crippen molar-refractivity contribution in [1.29, 1.82) is 0 Å². The highest BCUT2D eigenvalue weighted by molar-refractivity contribution is 5.26. The number of piperazine rings is 1. The maximum Gasteiger partial charge on any atom is 0.128 e. The van der Waals surface area contributed by atoms with E-state index in [-0.39, 0.29) is 11.4 Å². The molecule has 0 saturated carbocycles. The SMILES string of the molecule is CN1CCNC(C)(c2ccccc2F)C1. The Balaban J connectivity index is 2.32. The molecule has 1 N–H and O–H groups in total. The zero-order valence-corrected chi connectivity index (χ0v) is 9.26. The molecule has 3 heteroatoms. The molecule has 1 aliphatic heterocycles. The number of hydrogen-bond acceptors (Lipinski definition) is 2. The van der Waals surface area contributed by atoms with Crippen molar-refractivity contribution in [2.75, 3.05) is 26.7 Å². The Labute approximate surface area is 90.1 Å². The van der Waals surface area contributed by atoms with Gasteiger partial charge in [0.1, 0.15) is 5.82 Å². The van der Waals surface area contributed by atoms with Crippen LogP contribution in [0.3, 0.4) is 0 Å². The minimum atomic E-state index is -0.266. The van der Waals surface area contributed by atoms with Gasteiger partial charge >= 0.3 is 0 Å². The van der Waals surface area contributed by atoms with Crippen LogP contribution in [0.2, 0.25) is 0 Å². The first kappa shape index (κ1) is 10.6. The van der Waals surface area contributed by atoms with Gasteiger partial charge in [-0.15, -0.1) is 0 Å². The monoisotopic (exact) mass is 208 g/mol. The lowest BCUT2D eigenvalue weighted by Gasteiger charge is -2.40. The van der Waals surface area contributed by atoms with Crippen LogP contribution in [0, 0.1) is 5.82 Å². The van der Waals surface area contributed by atoms with Crippen LogP contribution in [0.5, 0.6) is 0 Å². The maximum absolute atomic E-state index is 13.7. The van der Waals surface area contributed by atoms with Crippen LogP contribution in [0.15, 0.2) is 24.3 Å². The quantitative estimate of drug-likeness (QED) is 0.753. The summed E-state index contributed by atoms with van der Waals surface area (Å²) in [6.45, 7) is 4.82.